The number of ether oxygens (including phenoxy) is 1. The molecule has 0 fully saturated rings. The zero-order valence-electron chi connectivity index (χ0n) is 14.1. The van der Waals surface area contributed by atoms with Crippen LogP contribution in [0.1, 0.15) is 41.5 Å². The van der Waals surface area contributed by atoms with Crippen LogP contribution in [0.15, 0.2) is 0 Å². The Kier molecular flexibility index (Phi) is 8.05. The van der Waals surface area contributed by atoms with Gasteiger partial charge in [-0.15, -0.1) is 0 Å². The van der Waals surface area contributed by atoms with E-state index >= 15 is 0 Å². The Morgan fingerprint density at radius 2 is 1.64 bits per heavy atom. The molecular weight excluding hydrogens is 317 g/mol. The molecule has 132 valence electrons. The van der Waals surface area contributed by atoms with Crippen molar-refractivity contribution >= 4 is 17.9 Å². The third kappa shape index (κ3) is 11.0. The second-order valence-corrected chi connectivity index (χ2v) is 8.01. The van der Waals surface area contributed by atoms with E-state index in [1.165, 1.54) is 0 Å². The fourth-order valence-electron chi connectivity index (χ4n) is 1.57. The maximum absolute atomic E-state index is 12.2. The van der Waals surface area contributed by atoms with Crippen LogP contribution in [0.3, 0.4) is 0 Å². The molecule has 0 aliphatic heterocycles. The van der Waals surface area contributed by atoms with Gasteiger partial charge in [-0.05, 0) is 53.3 Å². The monoisotopic (exact) mass is 344 g/mol. The summed E-state index contributed by atoms with van der Waals surface area (Å²) < 4.78 is 41.3. The van der Waals surface area contributed by atoms with E-state index in [1.54, 1.807) is 25.7 Å². The van der Waals surface area contributed by atoms with Crippen molar-refractivity contribution in [1.82, 2.24) is 10.2 Å². The molecule has 0 aliphatic carbocycles. The zero-order valence-corrected chi connectivity index (χ0v) is 15.0. The number of halogens is 3. The van der Waals surface area contributed by atoms with Crippen LogP contribution < -0.4 is 5.32 Å². The highest BCUT2D eigenvalue weighted by molar-refractivity contribution is 8.00. The largest absolute Gasteiger partial charge is 0.444 e. The van der Waals surface area contributed by atoms with Crippen LogP contribution in [0, 0.1) is 0 Å². The van der Waals surface area contributed by atoms with Gasteiger partial charge >= 0.3 is 11.6 Å². The molecule has 0 spiro atoms. The van der Waals surface area contributed by atoms with E-state index in [0.29, 0.717) is 13.1 Å². The Labute approximate surface area is 135 Å². The smallest absolute Gasteiger partial charge is 0.441 e. The summed E-state index contributed by atoms with van der Waals surface area (Å²) in [4.78, 5) is 13.8. The molecule has 4 nitrogen and oxygen atoms in total. The van der Waals surface area contributed by atoms with Gasteiger partial charge in [0.1, 0.15) is 5.60 Å². The minimum atomic E-state index is -4.20. The first-order valence-electron chi connectivity index (χ1n) is 7.14. The second kappa shape index (κ2) is 8.29. The molecule has 0 aliphatic rings. The SMILES string of the molecule is CC(C)(C)OC(=O)N(CCNCCSC(F)(F)F)C(C)(C)C. The van der Waals surface area contributed by atoms with E-state index in [-0.39, 0.29) is 24.1 Å². The summed E-state index contributed by atoms with van der Waals surface area (Å²) >= 11 is -0.0556. The molecule has 8 heteroatoms. The van der Waals surface area contributed by atoms with E-state index in [2.05, 4.69) is 5.32 Å². The summed E-state index contributed by atoms with van der Waals surface area (Å²) in [5.74, 6) is -0.0501. The molecule has 1 N–H and O–H groups in total. The van der Waals surface area contributed by atoms with Gasteiger partial charge < -0.3 is 15.0 Å². The summed E-state index contributed by atoms with van der Waals surface area (Å²) in [6, 6.07) is 0. The van der Waals surface area contributed by atoms with Gasteiger partial charge in [0.05, 0.1) is 0 Å². The van der Waals surface area contributed by atoms with E-state index in [1.807, 2.05) is 20.8 Å². The number of carbonyl (C=O) groups excluding carboxylic acids is 1. The first kappa shape index (κ1) is 21.4. The number of thioether (sulfide) groups is 1. The van der Waals surface area contributed by atoms with Gasteiger partial charge in [0.2, 0.25) is 0 Å². The molecule has 1 amide bonds. The van der Waals surface area contributed by atoms with Crippen LogP contribution in [0.4, 0.5) is 18.0 Å². The lowest BCUT2D eigenvalue weighted by atomic mass is 10.1. The molecule has 0 bridgehead atoms. The Bertz CT molecular complexity index is 349. The minimum Gasteiger partial charge on any atom is -0.444 e. The summed E-state index contributed by atoms with van der Waals surface area (Å²) in [5.41, 5.74) is -5.21. The van der Waals surface area contributed by atoms with Crippen molar-refractivity contribution in [1.29, 1.82) is 0 Å². The second-order valence-electron chi connectivity index (χ2n) is 6.85. The number of hydrogen-bond acceptors (Lipinski definition) is 4. The van der Waals surface area contributed by atoms with Crippen molar-refractivity contribution in [3.63, 3.8) is 0 Å². The summed E-state index contributed by atoms with van der Waals surface area (Å²) in [6.45, 7) is 12.0. The molecule has 0 aromatic heterocycles. The number of hydrogen-bond donors (Lipinski definition) is 1. The van der Waals surface area contributed by atoms with E-state index < -0.39 is 22.7 Å². The Balaban J connectivity index is 4.26. The highest BCUT2D eigenvalue weighted by atomic mass is 32.2. The average Bonchev–Trinajstić information content (AvgIpc) is 2.21. The van der Waals surface area contributed by atoms with Gasteiger partial charge in [0, 0.05) is 30.9 Å². The van der Waals surface area contributed by atoms with Crippen molar-refractivity contribution in [3.05, 3.63) is 0 Å². The van der Waals surface area contributed by atoms with Crippen molar-refractivity contribution in [2.45, 2.75) is 58.2 Å². The molecule has 0 aromatic rings. The van der Waals surface area contributed by atoms with Crippen LogP contribution >= 0.6 is 11.8 Å². The summed E-state index contributed by atoms with van der Waals surface area (Å²) in [6.07, 6.45) is -0.425. The van der Waals surface area contributed by atoms with Crippen LogP contribution in [-0.2, 0) is 4.74 Å². The average molecular weight is 344 g/mol. The van der Waals surface area contributed by atoms with Crippen LogP contribution in [0.5, 0.6) is 0 Å². The van der Waals surface area contributed by atoms with Crippen molar-refractivity contribution in [3.8, 4) is 0 Å². The number of rotatable bonds is 6. The highest BCUT2D eigenvalue weighted by Crippen LogP contribution is 2.29. The molecule has 0 saturated heterocycles. The zero-order chi connectivity index (χ0) is 17.6. The number of alkyl halides is 3. The maximum Gasteiger partial charge on any atom is 0.441 e. The molecule has 0 unspecified atom stereocenters. The number of amides is 1. The Morgan fingerprint density at radius 1 is 1.09 bits per heavy atom. The Hall–Kier alpha value is -0.630. The van der Waals surface area contributed by atoms with Crippen LogP contribution in [0.25, 0.3) is 0 Å². The summed E-state index contributed by atoms with van der Waals surface area (Å²) in [5, 5.41) is 2.91. The third-order valence-electron chi connectivity index (χ3n) is 2.48. The maximum atomic E-state index is 12.2. The highest BCUT2D eigenvalue weighted by Gasteiger charge is 2.30. The van der Waals surface area contributed by atoms with Crippen molar-refractivity contribution < 1.29 is 22.7 Å². The lowest BCUT2D eigenvalue weighted by Crippen LogP contribution is -2.50. The molecule has 0 atom stereocenters. The molecule has 0 aromatic carbocycles. The first-order valence-corrected chi connectivity index (χ1v) is 8.13. The van der Waals surface area contributed by atoms with Gasteiger partial charge in [-0.2, -0.15) is 13.2 Å². The predicted molar refractivity (Wildman–Crippen MR) is 84.1 cm³/mol. The molecule has 0 heterocycles. The predicted octanol–water partition coefficient (Wildman–Crippen LogP) is 3.86. The number of nitrogens with one attached hydrogen (secondary N) is 1. The lowest BCUT2D eigenvalue weighted by Gasteiger charge is -2.36. The standard InChI is InChI=1S/C14H27F3N2O2S/c1-12(2,3)19(11(20)21-13(4,5)6)9-7-18-8-10-22-14(15,16)17/h18H,7-10H2,1-6H3. The van der Waals surface area contributed by atoms with E-state index in [9.17, 15) is 18.0 Å². The molecule has 0 rings (SSSR count). The van der Waals surface area contributed by atoms with Crippen molar-refractivity contribution in [2.24, 2.45) is 0 Å². The molecular formula is C14H27F3N2O2S. The van der Waals surface area contributed by atoms with E-state index in [4.69, 9.17) is 4.74 Å². The van der Waals surface area contributed by atoms with Crippen molar-refractivity contribution in [2.75, 3.05) is 25.4 Å². The molecule has 0 radical (unpaired) electrons. The van der Waals surface area contributed by atoms with E-state index in [0.717, 1.165) is 0 Å². The van der Waals surface area contributed by atoms with Gasteiger partial charge in [0.15, 0.2) is 0 Å². The minimum absolute atomic E-state index is 0.0501. The lowest BCUT2D eigenvalue weighted by molar-refractivity contribution is -0.0327. The fraction of sp³-hybridized carbons (Fsp3) is 0.929. The fourth-order valence-corrected chi connectivity index (χ4v) is 2.05. The topological polar surface area (TPSA) is 41.6 Å². The van der Waals surface area contributed by atoms with Gasteiger partial charge in [0.25, 0.3) is 0 Å². The van der Waals surface area contributed by atoms with Crippen LogP contribution in [-0.4, -0.2) is 53.0 Å². The summed E-state index contributed by atoms with van der Waals surface area (Å²) in [7, 11) is 0. The van der Waals surface area contributed by atoms with Gasteiger partial charge in [-0.3, -0.25) is 0 Å². The quantitative estimate of drug-likeness (QED) is 0.743. The third-order valence-corrected chi connectivity index (χ3v) is 3.22. The molecule has 0 saturated carbocycles. The van der Waals surface area contributed by atoms with Gasteiger partial charge in [-0.1, -0.05) is 0 Å². The Morgan fingerprint density at radius 3 is 2.05 bits per heavy atom. The normalized spacial score (nSPS) is 13.1. The van der Waals surface area contributed by atoms with Gasteiger partial charge in [-0.25, -0.2) is 4.79 Å². The first-order chi connectivity index (χ1) is 9.72. The number of nitrogens with zero attached hydrogens (tertiary/aromatic N) is 1. The number of carbonyl (C=O) groups is 1. The van der Waals surface area contributed by atoms with Crippen LogP contribution in [0.2, 0.25) is 0 Å². The molecule has 22 heavy (non-hydrogen) atoms.